The molecule has 1 unspecified atom stereocenters. The molecular formula is C13H20ClN3O. The quantitative estimate of drug-likeness (QED) is 0.853. The smallest absolute Gasteiger partial charge is 0.242 e. The molecule has 2 rings (SSSR count). The Morgan fingerprint density at radius 1 is 1.61 bits per heavy atom. The predicted octanol–water partition coefficient (Wildman–Crippen LogP) is 2.32. The van der Waals surface area contributed by atoms with Crippen molar-refractivity contribution >= 4 is 17.5 Å². The van der Waals surface area contributed by atoms with E-state index in [1.807, 2.05) is 20.2 Å². The Hall–Kier alpha value is -1.03. The van der Waals surface area contributed by atoms with Crippen molar-refractivity contribution in [1.82, 2.24) is 15.1 Å². The van der Waals surface area contributed by atoms with Gasteiger partial charge in [-0.2, -0.15) is 5.10 Å². The molecule has 100 valence electrons. The first-order chi connectivity index (χ1) is 8.61. The van der Waals surface area contributed by atoms with Crippen molar-refractivity contribution in [1.29, 1.82) is 0 Å². The zero-order chi connectivity index (χ0) is 13.1. The molecule has 1 aromatic heterocycles. The van der Waals surface area contributed by atoms with Crippen LogP contribution in [-0.4, -0.2) is 21.7 Å². The first-order valence-electron chi connectivity index (χ1n) is 6.58. The van der Waals surface area contributed by atoms with E-state index in [1.165, 1.54) is 12.8 Å². The second-order valence-corrected chi connectivity index (χ2v) is 5.35. The number of hydrogen-bond acceptors (Lipinski definition) is 2. The molecule has 0 saturated heterocycles. The van der Waals surface area contributed by atoms with Gasteiger partial charge in [0.15, 0.2) is 0 Å². The number of nitrogens with one attached hydrogen (secondary N) is 1. The lowest BCUT2D eigenvalue weighted by Crippen LogP contribution is -2.35. The van der Waals surface area contributed by atoms with Gasteiger partial charge in [-0.1, -0.05) is 19.8 Å². The molecule has 1 saturated carbocycles. The third kappa shape index (κ3) is 2.86. The van der Waals surface area contributed by atoms with Gasteiger partial charge in [-0.25, -0.2) is 0 Å². The Bertz CT molecular complexity index is 424. The number of carbonyl (C=O) groups is 1. The van der Waals surface area contributed by atoms with E-state index in [0.29, 0.717) is 6.04 Å². The van der Waals surface area contributed by atoms with Gasteiger partial charge in [0, 0.05) is 24.8 Å². The standard InChI is InChI=1S/C13H20ClN3O/c1-3-11-10(8-17(2)16-11)12(14)13(18)15-9-6-4-5-7-9/h8-9,12H,3-7H2,1-2H3,(H,15,18). The summed E-state index contributed by atoms with van der Waals surface area (Å²) >= 11 is 6.27. The van der Waals surface area contributed by atoms with Crippen molar-refractivity contribution < 1.29 is 4.79 Å². The summed E-state index contributed by atoms with van der Waals surface area (Å²) in [5.41, 5.74) is 1.73. The van der Waals surface area contributed by atoms with E-state index >= 15 is 0 Å². The highest BCUT2D eigenvalue weighted by Crippen LogP contribution is 2.25. The van der Waals surface area contributed by atoms with Gasteiger partial charge in [0.05, 0.1) is 5.69 Å². The number of nitrogens with zero attached hydrogens (tertiary/aromatic N) is 2. The first-order valence-corrected chi connectivity index (χ1v) is 7.02. The molecule has 1 aliphatic carbocycles. The van der Waals surface area contributed by atoms with Crippen molar-refractivity contribution in [2.75, 3.05) is 0 Å². The lowest BCUT2D eigenvalue weighted by Gasteiger charge is -2.15. The minimum absolute atomic E-state index is 0.0914. The Labute approximate surface area is 113 Å². The zero-order valence-electron chi connectivity index (χ0n) is 10.9. The summed E-state index contributed by atoms with van der Waals surface area (Å²) in [5, 5.41) is 6.72. The normalized spacial score (nSPS) is 17.9. The van der Waals surface area contributed by atoms with E-state index in [4.69, 9.17) is 11.6 Å². The van der Waals surface area contributed by atoms with Crippen LogP contribution < -0.4 is 5.32 Å². The van der Waals surface area contributed by atoms with E-state index in [9.17, 15) is 4.79 Å². The average molecular weight is 270 g/mol. The summed E-state index contributed by atoms with van der Waals surface area (Å²) in [5.74, 6) is -0.0914. The van der Waals surface area contributed by atoms with Crippen molar-refractivity contribution in [3.05, 3.63) is 17.5 Å². The SMILES string of the molecule is CCc1nn(C)cc1C(Cl)C(=O)NC1CCCC1. The molecule has 1 aromatic rings. The van der Waals surface area contributed by atoms with Crippen molar-refractivity contribution in [3.63, 3.8) is 0 Å². The fourth-order valence-corrected chi connectivity index (χ4v) is 2.77. The van der Waals surface area contributed by atoms with Gasteiger partial charge in [-0.15, -0.1) is 11.6 Å². The topological polar surface area (TPSA) is 46.9 Å². The van der Waals surface area contributed by atoms with Gasteiger partial charge in [-0.05, 0) is 19.3 Å². The van der Waals surface area contributed by atoms with Gasteiger partial charge in [0.25, 0.3) is 0 Å². The molecule has 1 N–H and O–H groups in total. The summed E-state index contributed by atoms with van der Waals surface area (Å²) in [7, 11) is 1.85. The number of alkyl halides is 1. The molecule has 1 atom stereocenters. The fraction of sp³-hybridized carbons (Fsp3) is 0.692. The lowest BCUT2D eigenvalue weighted by molar-refractivity contribution is -0.121. The Balaban J connectivity index is 2.04. The molecular weight excluding hydrogens is 250 g/mol. The number of aromatic nitrogens is 2. The largest absolute Gasteiger partial charge is 0.352 e. The van der Waals surface area contributed by atoms with Gasteiger partial charge in [-0.3, -0.25) is 9.48 Å². The van der Waals surface area contributed by atoms with Crippen molar-refractivity contribution in [2.45, 2.75) is 50.4 Å². The third-order valence-corrected chi connectivity index (χ3v) is 3.91. The molecule has 1 aliphatic rings. The number of carbonyl (C=O) groups excluding carboxylic acids is 1. The van der Waals surface area contributed by atoms with Crippen LogP contribution in [0.3, 0.4) is 0 Å². The second-order valence-electron chi connectivity index (χ2n) is 4.91. The molecule has 0 spiro atoms. The van der Waals surface area contributed by atoms with E-state index in [2.05, 4.69) is 10.4 Å². The first kappa shape index (κ1) is 13.4. The Morgan fingerprint density at radius 3 is 2.89 bits per heavy atom. The third-order valence-electron chi connectivity index (χ3n) is 3.48. The maximum absolute atomic E-state index is 12.1. The number of rotatable bonds is 4. The Morgan fingerprint density at radius 2 is 2.28 bits per heavy atom. The molecule has 1 heterocycles. The number of aryl methyl sites for hydroxylation is 2. The molecule has 1 fully saturated rings. The number of hydrogen-bond donors (Lipinski definition) is 1. The van der Waals surface area contributed by atoms with Crippen LogP contribution in [0.25, 0.3) is 0 Å². The molecule has 0 aliphatic heterocycles. The molecule has 5 heteroatoms. The van der Waals surface area contributed by atoms with Crippen LogP contribution in [0, 0.1) is 0 Å². The van der Waals surface area contributed by atoms with Crippen LogP contribution in [-0.2, 0) is 18.3 Å². The fourth-order valence-electron chi connectivity index (χ4n) is 2.53. The van der Waals surface area contributed by atoms with Crippen LogP contribution >= 0.6 is 11.6 Å². The van der Waals surface area contributed by atoms with Crippen molar-refractivity contribution in [2.24, 2.45) is 7.05 Å². The maximum Gasteiger partial charge on any atom is 0.242 e. The van der Waals surface area contributed by atoms with Crippen LogP contribution in [0.15, 0.2) is 6.20 Å². The monoisotopic (exact) mass is 269 g/mol. The Kier molecular flexibility index (Phi) is 4.27. The summed E-state index contributed by atoms with van der Waals surface area (Å²) in [4.78, 5) is 12.1. The molecule has 4 nitrogen and oxygen atoms in total. The van der Waals surface area contributed by atoms with Crippen LogP contribution in [0.5, 0.6) is 0 Å². The molecule has 0 aromatic carbocycles. The van der Waals surface area contributed by atoms with Crippen molar-refractivity contribution in [3.8, 4) is 0 Å². The minimum Gasteiger partial charge on any atom is -0.352 e. The highest BCUT2D eigenvalue weighted by Gasteiger charge is 2.25. The second kappa shape index (κ2) is 5.74. The number of halogens is 1. The van der Waals surface area contributed by atoms with Crippen LogP contribution in [0.4, 0.5) is 0 Å². The van der Waals surface area contributed by atoms with Gasteiger partial charge < -0.3 is 5.32 Å². The highest BCUT2D eigenvalue weighted by molar-refractivity contribution is 6.30. The molecule has 0 radical (unpaired) electrons. The summed E-state index contributed by atoms with van der Waals surface area (Å²) < 4.78 is 1.71. The van der Waals surface area contributed by atoms with E-state index < -0.39 is 5.38 Å². The minimum atomic E-state index is -0.630. The van der Waals surface area contributed by atoms with Gasteiger partial charge in [0.2, 0.25) is 5.91 Å². The number of amides is 1. The summed E-state index contributed by atoms with van der Waals surface area (Å²) in [6, 6.07) is 0.306. The maximum atomic E-state index is 12.1. The molecule has 0 bridgehead atoms. The van der Waals surface area contributed by atoms with Gasteiger partial charge in [0.1, 0.15) is 5.38 Å². The molecule has 18 heavy (non-hydrogen) atoms. The lowest BCUT2D eigenvalue weighted by atomic mass is 10.1. The van der Waals surface area contributed by atoms with Crippen LogP contribution in [0.2, 0.25) is 0 Å². The average Bonchev–Trinajstić information content (AvgIpc) is 2.97. The zero-order valence-corrected chi connectivity index (χ0v) is 11.7. The summed E-state index contributed by atoms with van der Waals surface area (Å²) in [6.45, 7) is 2.02. The predicted molar refractivity (Wildman–Crippen MR) is 71.6 cm³/mol. The highest BCUT2D eigenvalue weighted by atomic mass is 35.5. The molecule has 1 amide bonds. The van der Waals surface area contributed by atoms with E-state index in [0.717, 1.165) is 30.5 Å². The summed E-state index contributed by atoms with van der Waals surface area (Å²) in [6.07, 6.45) is 7.17. The van der Waals surface area contributed by atoms with Crippen LogP contribution in [0.1, 0.15) is 49.2 Å². The van der Waals surface area contributed by atoms with E-state index in [-0.39, 0.29) is 5.91 Å². The van der Waals surface area contributed by atoms with Gasteiger partial charge >= 0.3 is 0 Å². The van der Waals surface area contributed by atoms with E-state index in [1.54, 1.807) is 4.68 Å².